The number of fused-ring (bicyclic) bond motifs is 2. The maximum absolute atomic E-state index is 17.5. The fourth-order valence-electron chi connectivity index (χ4n) is 13.5. The number of aryl methyl sites for hydroxylation is 1. The Labute approximate surface area is 434 Å². The summed E-state index contributed by atoms with van der Waals surface area (Å²) in [6.07, 6.45) is 11.3. The summed E-state index contributed by atoms with van der Waals surface area (Å²) in [5.74, 6) is -2.77. The van der Waals surface area contributed by atoms with E-state index in [4.69, 9.17) is 29.2 Å². The molecule has 6 heterocycles. The van der Waals surface area contributed by atoms with Crippen LogP contribution in [0, 0.1) is 45.9 Å². The molecule has 4 saturated heterocycles. The number of aromatic nitrogens is 3. The molecule has 5 aromatic rings. The zero-order chi connectivity index (χ0) is 52.2. The van der Waals surface area contributed by atoms with Crippen LogP contribution < -0.4 is 35.2 Å². The summed E-state index contributed by atoms with van der Waals surface area (Å²) in [6, 6.07) is 9.43. The summed E-state index contributed by atoms with van der Waals surface area (Å²) in [5.41, 5.74) is 0.142. The van der Waals surface area contributed by atoms with Crippen molar-refractivity contribution in [3.63, 3.8) is 0 Å². The normalized spacial score (nSPS) is 26.3. The lowest BCUT2D eigenvalue weighted by Crippen LogP contribution is -2.56. The molecule has 2 aliphatic carbocycles. The molecule has 2 unspecified atom stereocenters. The lowest BCUT2D eigenvalue weighted by molar-refractivity contribution is -0.133. The first-order valence-corrected chi connectivity index (χ1v) is 27.0. The van der Waals surface area contributed by atoms with Gasteiger partial charge in [0, 0.05) is 93.1 Å². The molecule has 11 rings (SSSR count). The molecular formula is C57H68F4N8O6. The van der Waals surface area contributed by atoms with Crippen molar-refractivity contribution < 1.29 is 46.5 Å². The van der Waals surface area contributed by atoms with Crippen molar-refractivity contribution in [2.75, 3.05) is 76.1 Å². The number of imide groups is 1. The van der Waals surface area contributed by atoms with E-state index < -0.39 is 46.6 Å². The molecule has 18 heteroatoms. The predicted molar refractivity (Wildman–Crippen MR) is 277 cm³/mol. The summed E-state index contributed by atoms with van der Waals surface area (Å²) in [6.45, 7) is 8.64. The number of hydrogen-bond donors (Lipinski definition) is 4. The highest BCUT2D eigenvalue weighted by Crippen LogP contribution is 2.58. The molecule has 6 fully saturated rings. The number of ether oxygens (including phenoxy) is 3. The van der Waals surface area contributed by atoms with Crippen molar-refractivity contribution in [3.8, 4) is 23.0 Å². The highest BCUT2D eigenvalue weighted by molar-refractivity contribution is 6.02. The quantitative estimate of drug-likeness (QED) is 0.0476. The van der Waals surface area contributed by atoms with E-state index in [2.05, 4.69) is 20.9 Å². The van der Waals surface area contributed by atoms with Crippen LogP contribution in [0.2, 0.25) is 0 Å². The Morgan fingerprint density at radius 3 is 2.37 bits per heavy atom. The number of nitrogens with one attached hydrogen (secondary N) is 3. The number of carbonyl (C=O) groups excluding carboxylic acids is 2. The van der Waals surface area contributed by atoms with Crippen LogP contribution in [-0.4, -0.2) is 110 Å². The van der Waals surface area contributed by atoms with Gasteiger partial charge >= 0.3 is 6.01 Å². The van der Waals surface area contributed by atoms with Crippen LogP contribution in [0.25, 0.3) is 32.9 Å². The lowest BCUT2D eigenvalue weighted by Gasteiger charge is -2.51. The van der Waals surface area contributed by atoms with E-state index in [1.807, 2.05) is 11.8 Å². The molecule has 2 amide bonds. The molecule has 1 spiro atoms. The molecular weight excluding hydrogens is 969 g/mol. The van der Waals surface area contributed by atoms with E-state index in [0.717, 1.165) is 64.5 Å². The maximum Gasteiger partial charge on any atom is 0.319 e. The largest absolute Gasteiger partial charge is 0.468 e. The van der Waals surface area contributed by atoms with Crippen LogP contribution in [0.1, 0.15) is 108 Å². The summed E-state index contributed by atoms with van der Waals surface area (Å²) < 4.78 is 81.9. The third-order valence-corrected chi connectivity index (χ3v) is 17.7. The fraction of sp³-hybridized carbons (Fsp3) is 0.561. The minimum atomic E-state index is -0.990. The van der Waals surface area contributed by atoms with Gasteiger partial charge in [0.05, 0.1) is 17.6 Å². The molecule has 2 saturated carbocycles. The monoisotopic (exact) mass is 1040 g/mol. The number of piperidine rings is 3. The second kappa shape index (κ2) is 20.7. The van der Waals surface area contributed by atoms with E-state index in [1.54, 1.807) is 31.3 Å². The van der Waals surface area contributed by atoms with E-state index in [1.165, 1.54) is 25.3 Å². The number of benzene rings is 3. The predicted octanol–water partition coefficient (Wildman–Crippen LogP) is 8.63. The number of anilines is 2. The summed E-state index contributed by atoms with van der Waals surface area (Å²) in [7, 11) is 1.51. The summed E-state index contributed by atoms with van der Waals surface area (Å²) in [4.78, 5) is 42.5. The SMILES string of the molecule is CCc1c(F)ccc2cc(OCOC)cc(-c3ncc4c(N5CCC[C@@](C)(O)C5)nc(OCC5(CC6CNCCC67CCC(C6CN(c8cc(F)c(C9CC(=O)NC(=O)C9)c(F)c8)CCN6)CC7)CC5)nc4c3F)c12. The van der Waals surface area contributed by atoms with Gasteiger partial charge in [-0.25, -0.2) is 17.6 Å². The van der Waals surface area contributed by atoms with Crippen molar-refractivity contribution in [2.45, 2.75) is 115 Å². The molecule has 0 radical (unpaired) electrons. The van der Waals surface area contributed by atoms with Gasteiger partial charge in [-0.1, -0.05) is 13.0 Å². The van der Waals surface area contributed by atoms with Gasteiger partial charge in [-0.05, 0) is 155 Å². The van der Waals surface area contributed by atoms with E-state index in [-0.39, 0.29) is 65.8 Å². The first kappa shape index (κ1) is 51.4. The third-order valence-electron chi connectivity index (χ3n) is 17.7. The van der Waals surface area contributed by atoms with E-state index in [0.29, 0.717) is 108 Å². The number of methoxy groups -OCH3 is 1. The number of pyridine rings is 1. The van der Waals surface area contributed by atoms with Gasteiger partial charge in [-0.15, -0.1) is 0 Å². The molecule has 75 heavy (non-hydrogen) atoms. The minimum absolute atomic E-state index is 0.0127. The van der Waals surface area contributed by atoms with E-state index >= 15 is 17.6 Å². The topological polar surface area (TPSA) is 163 Å². The van der Waals surface area contributed by atoms with Gasteiger partial charge in [-0.2, -0.15) is 9.97 Å². The van der Waals surface area contributed by atoms with Crippen LogP contribution in [0.5, 0.6) is 11.8 Å². The maximum atomic E-state index is 17.5. The third kappa shape index (κ3) is 10.4. The number of piperazine rings is 1. The Morgan fingerprint density at radius 1 is 0.880 bits per heavy atom. The molecule has 0 bridgehead atoms. The molecule has 400 valence electrons. The van der Waals surface area contributed by atoms with Crippen LogP contribution in [-0.2, 0) is 20.7 Å². The molecule has 3 atom stereocenters. The number of amides is 2. The van der Waals surface area contributed by atoms with Crippen molar-refractivity contribution >= 4 is 45.0 Å². The number of nitrogens with zero attached hydrogens (tertiary/aromatic N) is 5. The Morgan fingerprint density at radius 2 is 1.65 bits per heavy atom. The van der Waals surface area contributed by atoms with Gasteiger partial charge in [0.25, 0.3) is 0 Å². The molecule has 2 aromatic heterocycles. The number of aliphatic hydroxyl groups is 1. The summed E-state index contributed by atoms with van der Waals surface area (Å²) >= 11 is 0. The van der Waals surface area contributed by atoms with Crippen molar-refractivity contribution in [1.82, 2.24) is 30.9 Å². The van der Waals surface area contributed by atoms with Crippen LogP contribution >= 0.6 is 0 Å². The Balaban J connectivity index is 0.813. The van der Waals surface area contributed by atoms with Crippen molar-refractivity contribution in [1.29, 1.82) is 0 Å². The smallest absolute Gasteiger partial charge is 0.319 e. The number of hydrogen-bond acceptors (Lipinski definition) is 13. The second-order valence-electron chi connectivity index (χ2n) is 22.8. The molecule has 6 aliphatic rings. The highest BCUT2D eigenvalue weighted by Gasteiger charge is 2.52. The zero-order valence-electron chi connectivity index (χ0n) is 43.1. The van der Waals surface area contributed by atoms with Crippen molar-refractivity contribution in [2.24, 2.45) is 22.7 Å². The molecule has 3 aromatic carbocycles. The van der Waals surface area contributed by atoms with Gasteiger partial charge < -0.3 is 39.8 Å². The standard InChI is InChI=1S/C57H68F4N8O6/c1-4-39-42(58)7-6-34-20-38(75-32-73-3)25-40(48(34)39)51-50(61)52-41(28-64-51)53(69-18-5-10-55(2,72)30-69)67-54(66-52)74-31-56(13-14-56)26-36-27-62-16-15-57(36)11-8-33(9-12-57)45-29-68(19-17-63-45)37-23-43(59)49(44(60)24-37)35-21-46(70)65-47(71)22-35/h6-7,20,23-25,28,33,35-36,45,62-63,72H,4-5,8-19,21-22,26-27,29-32H2,1-3H3,(H,65,70,71)/t33?,36?,45?,55-,57?/m1/s1. The first-order chi connectivity index (χ1) is 36.1. The Bertz CT molecular complexity index is 2960. The van der Waals surface area contributed by atoms with Crippen molar-refractivity contribution in [3.05, 3.63) is 77.0 Å². The molecule has 4 N–H and O–H groups in total. The molecule has 4 aliphatic heterocycles. The highest BCUT2D eigenvalue weighted by atomic mass is 19.1. The average Bonchev–Trinajstić information content (AvgIpc) is 4.18. The average molecular weight is 1040 g/mol. The zero-order valence-corrected chi connectivity index (χ0v) is 43.1. The van der Waals surface area contributed by atoms with Crippen LogP contribution in [0.4, 0.5) is 29.1 Å². The van der Waals surface area contributed by atoms with Gasteiger partial charge in [-0.3, -0.25) is 19.9 Å². The summed E-state index contributed by atoms with van der Waals surface area (Å²) in [5, 5.41) is 22.5. The molecule has 14 nitrogen and oxygen atoms in total. The fourth-order valence-corrected chi connectivity index (χ4v) is 13.5. The minimum Gasteiger partial charge on any atom is -0.468 e. The van der Waals surface area contributed by atoms with Crippen LogP contribution in [0.3, 0.4) is 0 Å². The van der Waals surface area contributed by atoms with Gasteiger partial charge in [0.15, 0.2) is 12.6 Å². The second-order valence-corrected chi connectivity index (χ2v) is 22.8. The number of rotatable bonds is 14. The van der Waals surface area contributed by atoms with Gasteiger partial charge in [0.1, 0.15) is 40.2 Å². The Hall–Kier alpha value is -5.69. The lowest BCUT2D eigenvalue weighted by atomic mass is 9.58. The van der Waals surface area contributed by atoms with Crippen LogP contribution in [0.15, 0.2) is 42.6 Å². The van der Waals surface area contributed by atoms with Gasteiger partial charge in [0.2, 0.25) is 11.8 Å². The first-order valence-electron chi connectivity index (χ1n) is 27.0. The number of β-amino-alcohol motifs (C(OH)–C–C–N with tert-alkyl or cyclic N) is 1. The number of carbonyl (C=O) groups is 2. The number of halogens is 4. The van der Waals surface area contributed by atoms with E-state index in [9.17, 15) is 14.7 Å². The Kier molecular flexibility index (Phi) is 14.2.